The summed E-state index contributed by atoms with van der Waals surface area (Å²) in [6.07, 6.45) is 1.10. The zero-order valence-electron chi connectivity index (χ0n) is 13.8. The van der Waals surface area contributed by atoms with Crippen LogP contribution in [0.4, 0.5) is 0 Å². The summed E-state index contributed by atoms with van der Waals surface area (Å²) in [4.78, 5) is 12.9. The van der Waals surface area contributed by atoms with Crippen LogP contribution in [0, 0.1) is 0 Å². The molecule has 0 aromatic heterocycles. The van der Waals surface area contributed by atoms with Crippen LogP contribution in [0.25, 0.3) is 0 Å². The van der Waals surface area contributed by atoms with Crippen molar-refractivity contribution < 1.29 is 14.3 Å². The molecule has 3 N–H and O–H groups in total. The van der Waals surface area contributed by atoms with Gasteiger partial charge in [0, 0.05) is 6.54 Å². The Morgan fingerprint density at radius 1 is 1.26 bits per heavy atom. The van der Waals surface area contributed by atoms with Crippen molar-refractivity contribution in [3.63, 3.8) is 0 Å². The van der Waals surface area contributed by atoms with Gasteiger partial charge in [-0.25, -0.2) is 0 Å². The lowest BCUT2D eigenvalue weighted by Gasteiger charge is -2.12. The molecule has 0 atom stereocenters. The quantitative estimate of drug-likeness (QED) is 0.612. The van der Waals surface area contributed by atoms with Gasteiger partial charge >= 0.3 is 0 Å². The Morgan fingerprint density at radius 3 is 2.52 bits per heavy atom. The van der Waals surface area contributed by atoms with Crippen LogP contribution >= 0.6 is 24.8 Å². The summed E-state index contributed by atoms with van der Waals surface area (Å²) in [5.41, 5.74) is 6.16. The van der Waals surface area contributed by atoms with Crippen molar-refractivity contribution in [2.45, 2.75) is 13.0 Å². The molecule has 0 aliphatic carbocycles. The largest absolute Gasteiger partial charge is 0.493 e. The highest BCUT2D eigenvalue weighted by Gasteiger charge is 2.07. The van der Waals surface area contributed by atoms with Gasteiger partial charge < -0.3 is 25.4 Å². The minimum Gasteiger partial charge on any atom is -0.493 e. The fourth-order valence-electron chi connectivity index (χ4n) is 1.84. The van der Waals surface area contributed by atoms with Gasteiger partial charge in [-0.1, -0.05) is 6.07 Å². The van der Waals surface area contributed by atoms with Crippen LogP contribution in [0.2, 0.25) is 0 Å². The number of nitrogens with one attached hydrogen (secondary N) is 1. The van der Waals surface area contributed by atoms with Gasteiger partial charge in [0.2, 0.25) is 0 Å². The first-order valence-corrected chi connectivity index (χ1v) is 6.96. The molecule has 0 unspecified atom stereocenters. The summed E-state index contributed by atoms with van der Waals surface area (Å²) >= 11 is 0. The van der Waals surface area contributed by atoms with Crippen LogP contribution in [0.1, 0.15) is 12.0 Å². The van der Waals surface area contributed by atoms with Crippen LogP contribution < -0.4 is 20.5 Å². The summed E-state index contributed by atoms with van der Waals surface area (Å²) in [6, 6.07) is 5.63. The molecular formula is C15H27Cl2N3O3. The Hall–Kier alpha value is -1.21. The second-order valence-electron chi connectivity index (χ2n) is 5.07. The van der Waals surface area contributed by atoms with Crippen molar-refractivity contribution >= 4 is 30.7 Å². The van der Waals surface area contributed by atoms with Gasteiger partial charge in [0.15, 0.2) is 18.1 Å². The van der Waals surface area contributed by atoms with Gasteiger partial charge in [-0.15, -0.1) is 24.8 Å². The molecule has 0 fully saturated rings. The maximum absolute atomic E-state index is 10.7. The van der Waals surface area contributed by atoms with Crippen LogP contribution in [-0.2, 0) is 11.3 Å². The molecule has 1 amide bonds. The predicted octanol–water partition coefficient (Wildman–Crippen LogP) is 1.44. The first kappa shape index (κ1) is 24.0. The van der Waals surface area contributed by atoms with Gasteiger partial charge in [0.25, 0.3) is 5.91 Å². The molecule has 23 heavy (non-hydrogen) atoms. The maximum atomic E-state index is 10.7. The Balaban J connectivity index is 0. The van der Waals surface area contributed by atoms with Gasteiger partial charge in [-0.05, 0) is 51.3 Å². The smallest absolute Gasteiger partial charge is 0.255 e. The van der Waals surface area contributed by atoms with Crippen LogP contribution in [-0.4, -0.2) is 51.7 Å². The molecule has 0 bridgehead atoms. The van der Waals surface area contributed by atoms with Crippen molar-refractivity contribution in [3.05, 3.63) is 23.8 Å². The standard InChI is InChI=1S/C15H25N3O3.2ClH/c1-18(2)8-4-7-17-10-12-5-6-13(14(9-12)20-3)21-11-15(16)19;;/h5-6,9,17H,4,7-8,10-11H2,1-3H3,(H2,16,19);2*1H. The number of carbonyl (C=O) groups is 1. The normalized spacial score (nSPS) is 9.74. The number of amides is 1. The Kier molecular flexibility index (Phi) is 13.9. The molecule has 1 aromatic carbocycles. The van der Waals surface area contributed by atoms with E-state index < -0.39 is 5.91 Å². The van der Waals surface area contributed by atoms with E-state index in [2.05, 4.69) is 24.3 Å². The SMILES string of the molecule is COc1cc(CNCCCN(C)C)ccc1OCC(N)=O.Cl.Cl. The lowest BCUT2D eigenvalue weighted by Crippen LogP contribution is -2.21. The predicted molar refractivity (Wildman–Crippen MR) is 97.1 cm³/mol. The number of benzene rings is 1. The lowest BCUT2D eigenvalue weighted by atomic mass is 10.2. The van der Waals surface area contributed by atoms with Gasteiger partial charge in [0.05, 0.1) is 7.11 Å². The zero-order valence-corrected chi connectivity index (χ0v) is 15.5. The monoisotopic (exact) mass is 367 g/mol. The summed E-state index contributed by atoms with van der Waals surface area (Å²) in [6.45, 7) is 2.63. The highest BCUT2D eigenvalue weighted by molar-refractivity contribution is 5.85. The fourth-order valence-corrected chi connectivity index (χ4v) is 1.84. The highest BCUT2D eigenvalue weighted by Crippen LogP contribution is 2.27. The summed E-state index contributed by atoms with van der Waals surface area (Å²) < 4.78 is 10.6. The molecule has 0 radical (unpaired) electrons. The second kappa shape index (κ2) is 13.2. The van der Waals surface area contributed by atoms with Gasteiger partial charge in [0.1, 0.15) is 0 Å². The van der Waals surface area contributed by atoms with E-state index in [9.17, 15) is 4.79 Å². The van der Waals surface area contributed by atoms with Gasteiger partial charge in [-0.2, -0.15) is 0 Å². The number of methoxy groups -OCH3 is 1. The minimum atomic E-state index is -0.510. The molecule has 0 spiro atoms. The molecule has 134 valence electrons. The third-order valence-corrected chi connectivity index (χ3v) is 2.89. The molecule has 0 aliphatic heterocycles. The van der Waals surface area contributed by atoms with Crippen molar-refractivity contribution in [2.75, 3.05) is 40.9 Å². The third kappa shape index (κ3) is 10.2. The van der Waals surface area contributed by atoms with E-state index in [1.54, 1.807) is 13.2 Å². The van der Waals surface area contributed by atoms with E-state index in [0.29, 0.717) is 11.5 Å². The summed E-state index contributed by atoms with van der Waals surface area (Å²) in [5.74, 6) is 0.611. The van der Waals surface area contributed by atoms with Crippen molar-refractivity contribution in [3.8, 4) is 11.5 Å². The number of carbonyl (C=O) groups excluding carboxylic acids is 1. The molecule has 0 aliphatic rings. The second-order valence-corrected chi connectivity index (χ2v) is 5.07. The maximum Gasteiger partial charge on any atom is 0.255 e. The average molecular weight is 368 g/mol. The van der Waals surface area contributed by atoms with Crippen LogP contribution in [0.3, 0.4) is 0 Å². The first-order chi connectivity index (χ1) is 10.0. The number of ether oxygens (including phenoxy) is 2. The number of rotatable bonds is 10. The fraction of sp³-hybridized carbons (Fsp3) is 0.533. The topological polar surface area (TPSA) is 76.8 Å². The van der Waals surface area contributed by atoms with E-state index in [1.807, 2.05) is 12.1 Å². The van der Waals surface area contributed by atoms with Crippen molar-refractivity contribution in [1.29, 1.82) is 0 Å². The molecule has 0 saturated carbocycles. The van der Waals surface area contributed by atoms with E-state index in [0.717, 1.165) is 31.6 Å². The number of nitrogens with two attached hydrogens (primary N) is 1. The average Bonchev–Trinajstić information content (AvgIpc) is 2.44. The Labute approximate surface area is 150 Å². The van der Waals surface area contributed by atoms with Crippen molar-refractivity contribution in [2.24, 2.45) is 5.73 Å². The van der Waals surface area contributed by atoms with E-state index in [1.165, 1.54) is 0 Å². The molecule has 0 saturated heterocycles. The van der Waals surface area contributed by atoms with Crippen LogP contribution in [0.15, 0.2) is 18.2 Å². The van der Waals surface area contributed by atoms with E-state index in [-0.39, 0.29) is 31.4 Å². The first-order valence-electron chi connectivity index (χ1n) is 6.96. The molecule has 0 heterocycles. The number of primary amides is 1. The number of nitrogens with zero attached hydrogens (tertiary/aromatic N) is 1. The number of halogens is 2. The molecule has 1 aromatic rings. The molecular weight excluding hydrogens is 341 g/mol. The number of hydrogen-bond donors (Lipinski definition) is 2. The highest BCUT2D eigenvalue weighted by atomic mass is 35.5. The summed E-state index contributed by atoms with van der Waals surface area (Å²) in [7, 11) is 5.70. The lowest BCUT2D eigenvalue weighted by molar-refractivity contribution is -0.119. The Morgan fingerprint density at radius 2 is 1.96 bits per heavy atom. The van der Waals surface area contributed by atoms with Crippen molar-refractivity contribution in [1.82, 2.24) is 10.2 Å². The van der Waals surface area contributed by atoms with Gasteiger partial charge in [-0.3, -0.25) is 4.79 Å². The molecule has 1 rings (SSSR count). The third-order valence-electron chi connectivity index (χ3n) is 2.89. The zero-order chi connectivity index (χ0) is 15.7. The van der Waals surface area contributed by atoms with E-state index in [4.69, 9.17) is 15.2 Å². The number of hydrogen-bond acceptors (Lipinski definition) is 5. The van der Waals surface area contributed by atoms with Crippen LogP contribution in [0.5, 0.6) is 11.5 Å². The van der Waals surface area contributed by atoms with E-state index >= 15 is 0 Å². The summed E-state index contributed by atoms with van der Waals surface area (Å²) in [5, 5.41) is 3.38. The Bertz CT molecular complexity index is 460. The molecule has 6 nitrogen and oxygen atoms in total. The molecule has 8 heteroatoms. The minimum absolute atomic E-state index is 0.